The number of hydrogen-bond donors (Lipinski definition) is 2. The van der Waals surface area contributed by atoms with Crippen molar-refractivity contribution >= 4 is 29.1 Å². The van der Waals surface area contributed by atoms with Crippen molar-refractivity contribution in [2.24, 2.45) is 0 Å². The van der Waals surface area contributed by atoms with E-state index in [9.17, 15) is 4.79 Å². The number of carbonyl (C=O) groups is 1. The summed E-state index contributed by atoms with van der Waals surface area (Å²) >= 11 is 11.9. The summed E-state index contributed by atoms with van der Waals surface area (Å²) in [5, 5.41) is 7.48. The van der Waals surface area contributed by atoms with E-state index in [4.69, 9.17) is 23.2 Å². The van der Waals surface area contributed by atoms with Gasteiger partial charge < -0.3 is 10.6 Å². The highest BCUT2D eigenvalue weighted by molar-refractivity contribution is 6.30. The second kappa shape index (κ2) is 9.56. The van der Waals surface area contributed by atoms with Crippen LogP contribution in [0.3, 0.4) is 0 Å². The van der Waals surface area contributed by atoms with Gasteiger partial charge in [-0.2, -0.15) is 0 Å². The maximum Gasteiger partial charge on any atom is 0.233 e. The van der Waals surface area contributed by atoms with Gasteiger partial charge in [-0.1, -0.05) is 47.5 Å². The van der Waals surface area contributed by atoms with E-state index in [-0.39, 0.29) is 5.91 Å². The van der Waals surface area contributed by atoms with Crippen molar-refractivity contribution < 1.29 is 4.79 Å². The van der Waals surface area contributed by atoms with Gasteiger partial charge in [-0.25, -0.2) is 0 Å². The highest BCUT2D eigenvalue weighted by Crippen LogP contribution is 2.11. The summed E-state index contributed by atoms with van der Waals surface area (Å²) in [6.45, 7) is 1.66. The van der Waals surface area contributed by atoms with Gasteiger partial charge in [0.1, 0.15) is 0 Å². The minimum absolute atomic E-state index is 0.00174. The Labute approximate surface area is 147 Å². The van der Waals surface area contributed by atoms with Crippen molar-refractivity contribution in [1.29, 1.82) is 0 Å². The lowest BCUT2D eigenvalue weighted by Crippen LogP contribution is -2.35. The first-order valence-corrected chi connectivity index (χ1v) is 8.35. The largest absolute Gasteiger partial charge is 0.355 e. The van der Waals surface area contributed by atoms with Crippen LogP contribution in [-0.4, -0.2) is 25.5 Å². The molecule has 0 atom stereocenters. The molecule has 0 aliphatic rings. The molecule has 0 spiro atoms. The van der Waals surface area contributed by atoms with Gasteiger partial charge in [0, 0.05) is 16.6 Å². The number of hydrogen-bond acceptors (Lipinski definition) is 2. The maximum atomic E-state index is 11.7. The molecule has 0 aliphatic heterocycles. The van der Waals surface area contributed by atoms with Crippen LogP contribution in [0.1, 0.15) is 11.1 Å². The average Bonchev–Trinajstić information content (AvgIpc) is 2.52. The Hall–Kier alpha value is -1.55. The van der Waals surface area contributed by atoms with Gasteiger partial charge in [0.2, 0.25) is 5.91 Å². The van der Waals surface area contributed by atoms with E-state index in [1.807, 2.05) is 48.5 Å². The summed E-state index contributed by atoms with van der Waals surface area (Å²) < 4.78 is 0. The molecule has 1 amide bonds. The Kier molecular flexibility index (Phi) is 7.40. The quantitative estimate of drug-likeness (QED) is 0.715. The average molecular weight is 351 g/mol. The van der Waals surface area contributed by atoms with Crippen LogP contribution < -0.4 is 10.6 Å². The molecule has 0 aromatic heterocycles. The zero-order valence-corrected chi connectivity index (χ0v) is 14.3. The fourth-order valence-electron chi connectivity index (χ4n) is 2.23. The summed E-state index contributed by atoms with van der Waals surface area (Å²) in [5.74, 6) is -0.00174. The Morgan fingerprint density at radius 3 is 2.00 bits per heavy atom. The lowest BCUT2D eigenvalue weighted by atomic mass is 10.1. The molecular weight excluding hydrogens is 331 g/mol. The van der Waals surface area contributed by atoms with Gasteiger partial charge in [0.15, 0.2) is 0 Å². The Bertz CT molecular complexity index is 646. The fraction of sp³-hybridized carbons (Fsp3) is 0.278. The van der Waals surface area contributed by atoms with E-state index in [1.165, 1.54) is 0 Å². The Morgan fingerprint density at radius 2 is 1.43 bits per heavy atom. The third-order valence-electron chi connectivity index (χ3n) is 3.39. The molecule has 3 nitrogen and oxygen atoms in total. The fourth-order valence-corrected chi connectivity index (χ4v) is 2.65. The first-order valence-electron chi connectivity index (χ1n) is 7.60. The molecule has 5 heteroatoms. The third kappa shape index (κ3) is 7.04. The number of halogens is 2. The molecule has 0 saturated carbocycles. The van der Waals surface area contributed by atoms with Gasteiger partial charge in [-0.05, 0) is 54.8 Å². The van der Waals surface area contributed by atoms with Gasteiger partial charge in [-0.3, -0.25) is 4.79 Å². The standard InChI is InChI=1S/C18H20Cl2N2O/c19-16-5-1-3-14(11-16)7-9-21-13-18(23)22-10-8-15-4-2-6-17(20)12-15/h1-6,11-12,21H,7-10,13H2,(H,22,23). The van der Waals surface area contributed by atoms with Crippen molar-refractivity contribution in [3.63, 3.8) is 0 Å². The monoisotopic (exact) mass is 350 g/mol. The van der Waals surface area contributed by atoms with Gasteiger partial charge in [0.05, 0.1) is 6.54 Å². The van der Waals surface area contributed by atoms with Crippen LogP contribution >= 0.6 is 23.2 Å². The molecule has 0 radical (unpaired) electrons. The number of nitrogens with one attached hydrogen (secondary N) is 2. The first-order chi connectivity index (χ1) is 11.1. The van der Waals surface area contributed by atoms with Crippen molar-refractivity contribution in [1.82, 2.24) is 10.6 Å². The van der Waals surface area contributed by atoms with E-state index >= 15 is 0 Å². The van der Waals surface area contributed by atoms with E-state index < -0.39 is 0 Å². The number of carbonyl (C=O) groups excluding carboxylic acids is 1. The Balaban J connectivity index is 1.58. The lowest BCUT2D eigenvalue weighted by Gasteiger charge is -2.07. The summed E-state index contributed by atoms with van der Waals surface area (Å²) in [4.78, 5) is 11.7. The minimum Gasteiger partial charge on any atom is -0.355 e. The smallest absolute Gasteiger partial charge is 0.233 e. The van der Waals surface area contributed by atoms with Crippen LogP contribution in [0.25, 0.3) is 0 Å². The normalized spacial score (nSPS) is 10.5. The lowest BCUT2D eigenvalue weighted by molar-refractivity contribution is -0.120. The molecule has 0 aliphatic carbocycles. The molecular formula is C18H20Cl2N2O. The van der Waals surface area contributed by atoms with Crippen LogP contribution in [0.15, 0.2) is 48.5 Å². The van der Waals surface area contributed by atoms with Crippen molar-refractivity contribution in [2.45, 2.75) is 12.8 Å². The maximum absolute atomic E-state index is 11.7. The highest BCUT2D eigenvalue weighted by Gasteiger charge is 2.01. The zero-order valence-electron chi connectivity index (χ0n) is 12.8. The van der Waals surface area contributed by atoms with Crippen molar-refractivity contribution in [3.05, 3.63) is 69.7 Å². The predicted molar refractivity (Wildman–Crippen MR) is 96.2 cm³/mol. The van der Waals surface area contributed by atoms with Gasteiger partial charge in [-0.15, -0.1) is 0 Å². The van der Waals surface area contributed by atoms with Gasteiger partial charge in [0.25, 0.3) is 0 Å². The van der Waals surface area contributed by atoms with Crippen molar-refractivity contribution in [2.75, 3.05) is 19.6 Å². The molecule has 0 saturated heterocycles. The molecule has 2 N–H and O–H groups in total. The molecule has 0 bridgehead atoms. The van der Waals surface area contributed by atoms with Crippen LogP contribution in [0.2, 0.25) is 10.0 Å². The molecule has 0 unspecified atom stereocenters. The van der Waals surface area contributed by atoms with Crippen LogP contribution in [0.5, 0.6) is 0 Å². The van der Waals surface area contributed by atoms with Crippen LogP contribution in [0.4, 0.5) is 0 Å². The molecule has 122 valence electrons. The van der Waals surface area contributed by atoms with E-state index in [1.54, 1.807) is 0 Å². The highest BCUT2D eigenvalue weighted by atomic mass is 35.5. The van der Waals surface area contributed by atoms with E-state index in [0.717, 1.165) is 40.6 Å². The van der Waals surface area contributed by atoms with E-state index in [0.29, 0.717) is 13.1 Å². The third-order valence-corrected chi connectivity index (χ3v) is 3.86. The molecule has 2 aromatic carbocycles. The predicted octanol–water partition coefficient (Wildman–Crippen LogP) is 3.48. The number of benzene rings is 2. The first kappa shape index (κ1) is 17.8. The summed E-state index contributed by atoms with van der Waals surface area (Å²) in [5.41, 5.74) is 2.28. The van der Waals surface area contributed by atoms with E-state index in [2.05, 4.69) is 10.6 Å². The molecule has 0 heterocycles. The van der Waals surface area contributed by atoms with Crippen LogP contribution in [-0.2, 0) is 17.6 Å². The number of amides is 1. The van der Waals surface area contributed by atoms with Gasteiger partial charge >= 0.3 is 0 Å². The minimum atomic E-state index is -0.00174. The summed E-state index contributed by atoms with van der Waals surface area (Å²) in [6.07, 6.45) is 1.62. The Morgan fingerprint density at radius 1 is 0.870 bits per heavy atom. The molecule has 2 rings (SSSR count). The summed E-state index contributed by atoms with van der Waals surface area (Å²) in [6, 6.07) is 15.4. The summed E-state index contributed by atoms with van der Waals surface area (Å²) in [7, 11) is 0. The topological polar surface area (TPSA) is 41.1 Å². The van der Waals surface area contributed by atoms with Crippen molar-refractivity contribution in [3.8, 4) is 0 Å². The second-order valence-corrected chi connectivity index (χ2v) is 6.16. The van der Waals surface area contributed by atoms with Crippen LogP contribution in [0, 0.1) is 0 Å². The SMILES string of the molecule is O=C(CNCCc1cccc(Cl)c1)NCCc1cccc(Cl)c1. The molecule has 23 heavy (non-hydrogen) atoms. The molecule has 0 fully saturated rings. The molecule has 2 aromatic rings. The zero-order chi connectivity index (χ0) is 16.5. The number of rotatable bonds is 8. The second-order valence-electron chi connectivity index (χ2n) is 5.29.